The molecule has 2 saturated heterocycles. The number of sulfonamides is 1. The van der Waals surface area contributed by atoms with Crippen molar-refractivity contribution < 1.29 is 8.42 Å². The van der Waals surface area contributed by atoms with Crippen LogP contribution in [0.5, 0.6) is 0 Å². The Morgan fingerprint density at radius 1 is 0.955 bits per heavy atom. The molecule has 0 aromatic heterocycles. The monoisotopic (exact) mass is 338 g/mol. The van der Waals surface area contributed by atoms with Crippen LogP contribution in [0.15, 0.2) is 47.4 Å². The molecule has 1 N–H and O–H groups in total. The second-order valence-electron chi connectivity index (χ2n) is 5.98. The zero-order chi connectivity index (χ0) is 14.4. The number of hydrogen-bond donors (Lipinski definition) is 1. The lowest BCUT2D eigenvalue weighted by Crippen LogP contribution is -2.32. The van der Waals surface area contributed by atoms with Gasteiger partial charge in [-0.05, 0) is 36.4 Å². The molecule has 22 heavy (non-hydrogen) atoms. The average Bonchev–Trinajstić information content (AvgIpc) is 3.08. The SMILES string of the molecule is Cl.O=S(=O)(c1cccc2ccccc12)N1C[C@H]2CNC[C@H]2C1. The maximum Gasteiger partial charge on any atom is 0.243 e. The molecule has 2 aliphatic rings. The van der Waals surface area contributed by atoms with Gasteiger partial charge in [-0.3, -0.25) is 0 Å². The molecule has 0 spiro atoms. The Kier molecular flexibility index (Phi) is 4.16. The van der Waals surface area contributed by atoms with Gasteiger partial charge in [-0.15, -0.1) is 12.4 Å². The number of rotatable bonds is 2. The van der Waals surface area contributed by atoms with Crippen LogP contribution in [-0.2, 0) is 10.0 Å². The quantitative estimate of drug-likeness (QED) is 0.912. The van der Waals surface area contributed by atoms with E-state index in [9.17, 15) is 8.42 Å². The number of benzene rings is 2. The van der Waals surface area contributed by atoms with Gasteiger partial charge in [0, 0.05) is 18.5 Å². The zero-order valence-electron chi connectivity index (χ0n) is 12.1. The van der Waals surface area contributed by atoms with E-state index in [1.54, 1.807) is 10.4 Å². The highest BCUT2D eigenvalue weighted by atomic mass is 35.5. The van der Waals surface area contributed by atoms with E-state index in [0.717, 1.165) is 23.9 Å². The van der Waals surface area contributed by atoms with Gasteiger partial charge in [-0.25, -0.2) is 8.42 Å². The van der Waals surface area contributed by atoms with E-state index in [2.05, 4.69) is 5.32 Å². The molecule has 118 valence electrons. The lowest BCUT2D eigenvalue weighted by molar-refractivity contribution is 0.448. The molecule has 0 aliphatic carbocycles. The Hall–Kier alpha value is -1.14. The number of hydrogen-bond acceptors (Lipinski definition) is 3. The lowest BCUT2D eigenvalue weighted by Gasteiger charge is -2.18. The Morgan fingerprint density at radius 2 is 1.59 bits per heavy atom. The highest BCUT2D eigenvalue weighted by Gasteiger charge is 2.41. The Balaban J connectivity index is 0.00000144. The van der Waals surface area contributed by atoms with E-state index in [4.69, 9.17) is 0 Å². The van der Waals surface area contributed by atoms with E-state index >= 15 is 0 Å². The Bertz CT molecular complexity index is 776. The summed E-state index contributed by atoms with van der Waals surface area (Å²) < 4.78 is 27.6. The van der Waals surface area contributed by atoms with Crippen molar-refractivity contribution in [2.75, 3.05) is 26.2 Å². The van der Waals surface area contributed by atoms with Crippen LogP contribution in [0.25, 0.3) is 10.8 Å². The third kappa shape index (κ3) is 2.42. The van der Waals surface area contributed by atoms with Gasteiger partial charge in [0.15, 0.2) is 0 Å². The van der Waals surface area contributed by atoms with E-state index in [1.165, 1.54) is 0 Å². The Morgan fingerprint density at radius 3 is 2.32 bits per heavy atom. The first kappa shape index (κ1) is 15.7. The first-order chi connectivity index (χ1) is 10.2. The van der Waals surface area contributed by atoms with Gasteiger partial charge in [0.1, 0.15) is 0 Å². The molecule has 2 aliphatic heterocycles. The van der Waals surface area contributed by atoms with Crippen molar-refractivity contribution in [1.82, 2.24) is 9.62 Å². The van der Waals surface area contributed by atoms with Crippen molar-refractivity contribution >= 4 is 33.2 Å². The molecule has 2 atom stereocenters. The van der Waals surface area contributed by atoms with Gasteiger partial charge in [0.05, 0.1) is 4.90 Å². The minimum atomic E-state index is -3.40. The van der Waals surface area contributed by atoms with Crippen molar-refractivity contribution in [1.29, 1.82) is 0 Å². The van der Waals surface area contributed by atoms with Crippen LogP contribution in [0.1, 0.15) is 0 Å². The average molecular weight is 339 g/mol. The molecular formula is C16H19ClN2O2S. The first-order valence-electron chi connectivity index (χ1n) is 7.35. The summed E-state index contributed by atoms with van der Waals surface area (Å²) >= 11 is 0. The van der Waals surface area contributed by atoms with E-state index in [0.29, 0.717) is 29.8 Å². The van der Waals surface area contributed by atoms with Gasteiger partial charge < -0.3 is 5.32 Å². The van der Waals surface area contributed by atoms with Gasteiger partial charge in [-0.1, -0.05) is 36.4 Å². The fraction of sp³-hybridized carbons (Fsp3) is 0.375. The van der Waals surface area contributed by atoms with Crippen LogP contribution in [0.4, 0.5) is 0 Å². The van der Waals surface area contributed by atoms with Gasteiger partial charge in [0.25, 0.3) is 0 Å². The molecule has 0 unspecified atom stereocenters. The van der Waals surface area contributed by atoms with Crippen LogP contribution in [0, 0.1) is 11.8 Å². The number of fused-ring (bicyclic) bond motifs is 2. The van der Waals surface area contributed by atoms with Crippen molar-refractivity contribution in [2.24, 2.45) is 11.8 Å². The Labute approximate surface area is 137 Å². The third-order valence-electron chi connectivity index (χ3n) is 4.72. The summed E-state index contributed by atoms with van der Waals surface area (Å²) in [5.41, 5.74) is 0. The summed E-state index contributed by atoms with van der Waals surface area (Å²) in [6.07, 6.45) is 0. The molecule has 0 amide bonds. The minimum Gasteiger partial charge on any atom is -0.316 e. The molecule has 4 nitrogen and oxygen atoms in total. The smallest absolute Gasteiger partial charge is 0.243 e. The molecule has 0 saturated carbocycles. The number of nitrogens with one attached hydrogen (secondary N) is 1. The number of halogens is 1. The van der Waals surface area contributed by atoms with Gasteiger partial charge >= 0.3 is 0 Å². The third-order valence-corrected chi connectivity index (χ3v) is 6.61. The second kappa shape index (κ2) is 5.81. The first-order valence-corrected chi connectivity index (χ1v) is 8.79. The predicted octanol–water partition coefficient (Wildman–Crippen LogP) is 2.10. The van der Waals surface area contributed by atoms with Crippen LogP contribution < -0.4 is 5.32 Å². The largest absolute Gasteiger partial charge is 0.316 e. The molecular weight excluding hydrogens is 320 g/mol. The van der Waals surface area contributed by atoms with E-state index in [-0.39, 0.29) is 12.4 Å². The standard InChI is InChI=1S/C16H18N2O2S.ClH/c19-21(20,18-10-13-8-17-9-14(13)11-18)16-7-3-5-12-4-1-2-6-15(12)16;/h1-7,13-14,17H,8-11H2;1H/t13-,14+;. The molecule has 6 heteroatoms. The molecule has 2 aromatic carbocycles. The fourth-order valence-electron chi connectivity index (χ4n) is 3.57. The van der Waals surface area contributed by atoms with Crippen molar-refractivity contribution in [3.8, 4) is 0 Å². The van der Waals surface area contributed by atoms with E-state index in [1.807, 2.05) is 36.4 Å². The fourth-order valence-corrected chi connectivity index (χ4v) is 5.34. The second-order valence-corrected chi connectivity index (χ2v) is 7.88. The van der Waals surface area contributed by atoms with Crippen LogP contribution in [0.2, 0.25) is 0 Å². The van der Waals surface area contributed by atoms with Crippen LogP contribution in [-0.4, -0.2) is 38.9 Å². The summed E-state index contributed by atoms with van der Waals surface area (Å²) in [4.78, 5) is 0.438. The van der Waals surface area contributed by atoms with E-state index < -0.39 is 10.0 Å². The molecule has 2 fully saturated rings. The normalized spacial score (nSPS) is 25.1. The summed E-state index contributed by atoms with van der Waals surface area (Å²) in [6.45, 7) is 3.16. The minimum absolute atomic E-state index is 0. The summed E-state index contributed by atoms with van der Waals surface area (Å²) in [7, 11) is -3.40. The molecule has 4 rings (SSSR count). The summed E-state index contributed by atoms with van der Waals surface area (Å²) in [5, 5.41) is 5.13. The number of nitrogens with zero attached hydrogens (tertiary/aromatic N) is 1. The maximum atomic E-state index is 13.0. The van der Waals surface area contributed by atoms with Crippen LogP contribution in [0.3, 0.4) is 0 Å². The molecule has 2 aromatic rings. The lowest BCUT2D eigenvalue weighted by atomic mass is 10.0. The summed E-state index contributed by atoms with van der Waals surface area (Å²) in [5.74, 6) is 0.935. The molecule has 2 heterocycles. The van der Waals surface area contributed by atoms with Crippen molar-refractivity contribution in [3.63, 3.8) is 0 Å². The highest BCUT2D eigenvalue weighted by molar-refractivity contribution is 7.89. The topological polar surface area (TPSA) is 49.4 Å². The van der Waals surface area contributed by atoms with Gasteiger partial charge in [-0.2, -0.15) is 4.31 Å². The molecule has 0 bridgehead atoms. The van der Waals surface area contributed by atoms with Gasteiger partial charge in [0.2, 0.25) is 10.0 Å². The summed E-state index contributed by atoms with van der Waals surface area (Å²) in [6, 6.07) is 13.2. The van der Waals surface area contributed by atoms with Crippen LogP contribution >= 0.6 is 12.4 Å². The van der Waals surface area contributed by atoms with Crippen molar-refractivity contribution in [3.05, 3.63) is 42.5 Å². The van der Waals surface area contributed by atoms with Crippen molar-refractivity contribution in [2.45, 2.75) is 4.90 Å². The molecule has 0 radical (unpaired) electrons. The zero-order valence-corrected chi connectivity index (χ0v) is 13.7. The maximum absolute atomic E-state index is 13.0. The predicted molar refractivity (Wildman–Crippen MR) is 89.8 cm³/mol. The highest BCUT2D eigenvalue weighted by Crippen LogP contribution is 2.33.